The average Bonchev–Trinajstić information content (AvgIpc) is 2.32. The van der Waals surface area contributed by atoms with Crippen LogP contribution in [0.1, 0.15) is 25.1 Å². The van der Waals surface area contributed by atoms with Gasteiger partial charge in [0.2, 0.25) is 5.91 Å². The van der Waals surface area contributed by atoms with Crippen LogP contribution in [0.5, 0.6) is 0 Å². The number of aryl methyl sites for hydroxylation is 1. The second-order valence-electron chi connectivity index (χ2n) is 2.87. The molecule has 1 rings (SSSR count). The molecule has 0 bridgehead atoms. The van der Waals surface area contributed by atoms with Gasteiger partial charge in [0.25, 0.3) is 0 Å². The first kappa shape index (κ1) is 10.1. The van der Waals surface area contributed by atoms with Crippen molar-refractivity contribution in [2.24, 2.45) is 5.73 Å². The zero-order valence-electron chi connectivity index (χ0n) is 7.62. The van der Waals surface area contributed by atoms with Crippen molar-refractivity contribution in [3.8, 4) is 0 Å². The van der Waals surface area contributed by atoms with Gasteiger partial charge >= 0.3 is 0 Å². The molecule has 0 aliphatic carbocycles. The van der Waals surface area contributed by atoms with Gasteiger partial charge in [0, 0.05) is 6.20 Å². The first-order valence-corrected chi connectivity index (χ1v) is 4.44. The Labute approximate surface area is 81.7 Å². The van der Waals surface area contributed by atoms with E-state index in [-0.39, 0.29) is 5.91 Å². The highest BCUT2D eigenvalue weighted by Gasteiger charge is 2.16. The number of primary amides is 1. The van der Waals surface area contributed by atoms with Gasteiger partial charge in [0.1, 0.15) is 6.04 Å². The molecule has 0 saturated heterocycles. The maximum Gasteiger partial charge on any atom is 0.242 e. The third-order valence-electron chi connectivity index (χ3n) is 1.89. The molecular weight excluding hydrogens is 190 g/mol. The van der Waals surface area contributed by atoms with E-state index in [1.165, 1.54) is 4.68 Å². The molecule has 0 fully saturated rings. The van der Waals surface area contributed by atoms with Gasteiger partial charge in [-0.1, -0.05) is 18.5 Å². The van der Waals surface area contributed by atoms with Crippen LogP contribution >= 0.6 is 11.6 Å². The smallest absolute Gasteiger partial charge is 0.242 e. The summed E-state index contributed by atoms with van der Waals surface area (Å²) in [5, 5.41) is 4.64. The summed E-state index contributed by atoms with van der Waals surface area (Å²) in [6, 6.07) is -0.397. The molecule has 2 N–H and O–H groups in total. The molecule has 0 saturated carbocycles. The highest BCUT2D eigenvalue weighted by atomic mass is 35.5. The first-order chi connectivity index (χ1) is 6.06. The van der Waals surface area contributed by atoms with Gasteiger partial charge in [-0.3, -0.25) is 9.48 Å². The van der Waals surface area contributed by atoms with Crippen LogP contribution in [0, 0.1) is 6.92 Å². The molecule has 0 spiro atoms. The Morgan fingerprint density at radius 3 is 2.77 bits per heavy atom. The summed E-state index contributed by atoms with van der Waals surface area (Å²) in [6.07, 6.45) is 2.24. The molecule has 1 aromatic rings. The van der Waals surface area contributed by atoms with E-state index < -0.39 is 6.04 Å². The lowest BCUT2D eigenvalue weighted by molar-refractivity contribution is -0.121. The Morgan fingerprint density at radius 2 is 2.46 bits per heavy atom. The van der Waals surface area contributed by atoms with Crippen LogP contribution in [-0.2, 0) is 4.79 Å². The summed E-state index contributed by atoms with van der Waals surface area (Å²) in [7, 11) is 0. The van der Waals surface area contributed by atoms with Crippen molar-refractivity contribution in [1.82, 2.24) is 9.78 Å². The number of aromatic nitrogens is 2. The number of rotatable bonds is 3. The van der Waals surface area contributed by atoms with E-state index in [9.17, 15) is 4.79 Å². The van der Waals surface area contributed by atoms with Crippen molar-refractivity contribution in [1.29, 1.82) is 0 Å². The topological polar surface area (TPSA) is 60.9 Å². The van der Waals surface area contributed by atoms with Crippen molar-refractivity contribution in [2.45, 2.75) is 26.3 Å². The molecule has 4 nitrogen and oxygen atoms in total. The van der Waals surface area contributed by atoms with Gasteiger partial charge in [-0.05, 0) is 13.3 Å². The maximum atomic E-state index is 11.0. The number of carbonyl (C=O) groups excluding carboxylic acids is 1. The van der Waals surface area contributed by atoms with Crippen LogP contribution in [0.4, 0.5) is 0 Å². The summed E-state index contributed by atoms with van der Waals surface area (Å²) >= 11 is 5.80. The normalized spacial score (nSPS) is 12.8. The zero-order chi connectivity index (χ0) is 10.0. The SMILES string of the molecule is CCC(C(N)=O)n1cc(Cl)c(C)n1. The van der Waals surface area contributed by atoms with E-state index in [1.54, 1.807) is 13.1 Å². The highest BCUT2D eigenvalue weighted by Crippen LogP contribution is 2.17. The van der Waals surface area contributed by atoms with Crippen LogP contribution in [0.3, 0.4) is 0 Å². The molecule has 0 aromatic carbocycles. The number of hydrogen-bond acceptors (Lipinski definition) is 2. The van der Waals surface area contributed by atoms with E-state index >= 15 is 0 Å². The van der Waals surface area contributed by atoms with E-state index in [0.717, 1.165) is 0 Å². The van der Waals surface area contributed by atoms with Gasteiger partial charge in [0.05, 0.1) is 10.7 Å². The minimum absolute atomic E-state index is 0.387. The summed E-state index contributed by atoms with van der Waals surface area (Å²) in [5.74, 6) is -0.387. The molecular formula is C8H12ClN3O. The molecule has 1 heterocycles. The van der Waals surface area contributed by atoms with E-state index in [4.69, 9.17) is 17.3 Å². The molecule has 1 unspecified atom stereocenters. The number of nitrogens with zero attached hydrogens (tertiary/aromatic N) is 2. The molecule has 1 aromatic heterocycles. The van der Waals surface area contributed by atoms with Gasteiger partial charge in [0.15, 0.2) is 0 Å². The Morgan fingerprint density at radius 1 is 1.85 bits per heavy atom. The van der Waals surface area contributed by atoms with E-state index in [1.807, 2.05) is 6.92 Å². The summed E-state index contributed by atoms with van der Waals surface area (Å²) in [6.45, 7) is 3.66. The third kappa shape index (κ3) is 2.01. The molecule has 72 valence electrons. The Bertz CT molecular complexity index is 302. The number of carbonyl (C=O) groups is 1. The van der Waals surface area contributed by atoms with E-state index in [2.05, 4.69) is 5.10 Å². The van der Waals surface area contributed by atoms with Crippen LogP contribution in [-0.4, -0.2) is 15.7 Å². The molecule has 0 aliphatic rings. The Hall–Kier alpha value is -1.03. The quantitative estimate of drug-likeness (QED) is 0.801. The lowest BCUT2D eigenvalue weighted by atomic mass is 10.2. The summed E-state index contributed by atoms with van der Waals surface area (Å²) < 4.78 is 1.51. The van der Waals surface area contributed by atoms with E-state index in [0.29, 0.717) is 17.1 Å². The number of nitrogens with two attached hydrogens (primary N) is 1. The second-order valence-corrected chi connectivity index (χ2v) is 3.28. The van der Waals surface area contributed by atoms with Gasteiger partial charge in [-0.25, -0.2) is 0 Å². The van der Waals surface area contributed by atoms with Gasteiger partial charge < -0.3 is 5.73 Å². The fourth-order valence-corrected chi connectivity index (χ4v) is 1.28. The van der Waals surface area contributed by atoms with Crippen molar-refractivity contribution in [3.63, 3.8) is 0 Å². The van der Waals surface area contributed by atoms with Gasteiger partial charge in [-0.2, -0.15) is 5.10 Å². The summed E-state index contributed by atoms with van der Waals surface area (Å²) in [4.78, 5) is 11.0. The second kappa shape index (κ2) is 3.79. The molecule has 0 aliphatic heterocycles. The highest BCUT2D eigenvalue weighted by molar-refractivity contribution is 6.31. The lowest BCUT2D eigenvalue weighted by Crippen LogP contribution is -2.26. The number of hydrogen-bond donors (Lipinski definition) is 1. The molecule has 0 radical (unpaired) electrons. The minimum Gasteiger partial charge on any atom is -0.368 e. The van der Waals surface area contributed by atoms with Crippen LogP contribution in [0.25, 0.3) is 0 Å². The number of halogens is 1. The third-order valence-corrected chi connectivity index (χ3v) is 2.26. The fraction of sp³-hybridized carbons (Fsp3) is 0.500. The average molecular weight is 202 g/mol. The largest absolute Gasteiger partial charge is 0.368 e. The zero-order valence-corrected chi connectivity index (χ0v) is 8.38. The monoisotopic (exact) mass is 201 g/mol. The predicted molar refractivity (Wildman–Crippen MR) is 50.5 cm³/mol. The van der Waals surface area contributed by atoms with Crippen LogP contribution in [0.15, 0.2) is 6.20 Å². The molecule has 1 amide bonds. The standard InChI is InChI=1S/C8H12ClN3O/c1-3-7(8(10)13)12-4-6(9)5(2)11-12/h4,7H,3H2,1-2H3,(H2,10,13). The predicted octanol–water partition coefficient (Wildman–Crippen LogP) is 1.28. The van der Waals surface area contributed by atoms with Crippen LogP contribution < -0.4 is 5.73 Å². The Kier molecular flexibility index (Phi) is 2.93. The van der Waals surface area contributed by atoms with Crippen molar-refractivity contribution >= 4 is 17.5 Å². The lowest BCUT2D eigenvalue weighted by Gasteiger charge is -2.10. The summed E-state index contributed by atoms with van der Waals surface area (Å²) in [5.41, 5.74) is 5.91. The maximum absolute atomic E-state index is 11.0. The van der Waals surface area contributed by atoms with Crippen molar-refractivity contribution in [2.75, 3.05) is 0 Å². The minimum atomic E-state index is -0.397. The fourth-order valence-electron chi connectivity index (χ4n) is 1.14. The molecule has 13 heavy (non-hydrogen) atoms. The van der Waals surface area contributed by atoms with Crippen molar-refractivity contribution < 1.29 is 4.79 Å². The Balaban J connectivity index is 2.98. The van der Waals surface area contributed by atoms with Gasteiger partial charge in [-0.15, -0.1) is 0 Å². The molecule has 1 atom stereocenters. The first-order valence-electron chi connectivity index (χ1n) is 4.06. The number of amides is 1. The molecule has 5 heteroatoms. The van der Waals surface area contributed by atoms with Crippen LogP contribution in [0.2, 0.25) is 5.02 Å². The van der Waals surface area contributed by atoms with Crippen molar-refractivity contribution in [3.05, 3.63) is 16.9 Å².